The molecule has 4 N–H and O–H groups in total. The van der Waals surface area contributed by atoms with E-state index < -0.39 is 25.6 Å². The van der Waals surface area contributed by atoms with Crippen LogP contribution in [-0.2, 0) is 9.30 Å². The van der Waals surface area contributed by atoms with Gasteiger partial charge < -0.3 is 20.3 Å². The van der Waals surface area contributed by atoms with Crippen LogP contribution in [0.3, 0.4) is 0 Å². The molecule has 1 aromatic heterocycles. The number of hydrogen-bond donors (Lipinski definition) is 3. The predicted octanol–water partition coefficient (Wildman–Crippen LogP) is -0.319. The topological polar surface area (TPSA) is 128 Å². The van der Waals surface area contributed by atoms with Gasteiger partial charge in [0.15, 0.2) is 0 Å². The molecule has 1 aromatic rings. The molecule has 2 rings (SSSR count). The van der Waals surface area contributed by atoms with Crippen molar-refractivity contribution in [2.75, 3.05) is 11.9 Å². The summed E-state index contributed by atoms with van der Waals surface area (Å²) in [7, 11) is -4.10. The number of rotatable bonds is 3. The minimum Gasteiger partial charge on any atom is -0.383 e. The van der Waals surface area contributed by atoms with Crippen LogP contribution in [0.25, 0.3) is 0 Å². The molecule has 2 heterocycles. The van der Waals surface area contributed by atoms with Crippen LogP contribution in [0.2, 0.25) is 0 Å². The lowest BCUT2D eigenvalue weighted by molar-refractivity contribution is 0.00779. The van der Waals surface area contributed by atoms with Crippen molar-refractivity contribution in [2.24, 2.45) is 0 Å². The molecule has 8 nitrogen and oxygen atoms in total. The molecular formula is C9H14N3O5P. The molecule has 9 heteroatoms. The van der Waals surface area contributed by atoms with E-state index in [1.807, 2.05) is 0 Å². The van der Waals surface area contributed by atoms with E-state index in [9.17, 15) is 9.36 Å². The highest BCUT2D eigenvalue weighted by Crippen LogP contribution is 2.40. The van der Waals surface area contributed by atoms with E-state index in [2.05, 4.69) is 4.98 Å². The van der Waals surface area contributed by atoms with Crippen LogP contribution in [0.1, 0.15) is 19.1 Å². The Labute approximate surface area is 103 Å². The standard InChI is InChI=1S/C9H14N3O5P/c10-7-3-4-12(9(13)11-7)8-2-1-6(17-8)5-18(14,15)16/h3-4,6,8H,1-2,5H2,(H2,10,11,13)(H2,14,15,16)/t6-,8+/m0/s1. The third-order valence-electron chi connectivity index (χ3n) is 2.69. The number of anilines is 1. The summed E-state index contributed by atoms with van der Waals surface area (Å²) < 4.78 is 17.6. The average Bonchev–Trinajstić information content (AvgIpc) is 2.63. The maximum atomic E-state index is 11.6. The molecule has 0 amide bonds. The van der Waals surface area contributed by atoms with E-state index in [1.54, 1.807) is 0 Å². The number of nitrogen functional groups attached to an aromatic ring is 1. The molecule has 2 atom stereocenters. The highest BCUT2D eigenvalue weighted by molar-refractivity contribution is 7.51. The largest absolute Gasteiger partial charge is 0.383 e. The van der Waals surface area contributed by atoms with Gasteiger partial charge in [-0.2, -0.15) is 4.98 Å². The summed E-state index contributed by atoms with van der Waals surface area (Å²) in [6, 6.07) is 1.47. The first-order valence-electron chi connectivity index (χ1n) is 5.40. The summed E-state index contributed by atoms with van der Waals surface area (Å²) >= 11 is 0. The molecule has 0 bridgehead atoms. The maximum Gasteiger partial charge on any atom is 0.351 e. The summed E-state index contributed by atoms with van der Waals surface area (Å²) in [5, 5.41) is 0. The van der Waals surface area contributed by atoms with Crippen molar-refractivity contribution >= 4 is 13.4 Å². The molecule has 0 aromatic carbocycles. The van der Waals surface area contributed by atoms with Gasteiger partial charge in [-0.15, -0.1) is 0 Å². The number of aromatic nitrogens is 2. The molecule has 0 unspecified atom stereocenters. The first kappa shape index (κ1) is 13.2. The zero-order chi connectivity index (χ0) is 13.3. The smallest absolute Gasteiger partial charge is 0.351 e. The number of nitrogens with two attached hydrogens (primary N) is 1. The van der Waals surface area contributed by atoms with E-state index in [0.717, 1.165) is 0 Å². The lowest BCUT2D eigenvalue weighted by Gasteiger charge is -2.15. The van der Waals surface area contributed by atoms with Crippen molar-refractivity contribution in [3.8, 4) is 0 Å². The second-order valence-electron chi connectivity index (χ2n) is 4.18. The summed E-state index contributed by atoms with van der Waals surface area (Å²) in [5.41, 5.74) is 4.84. The average molecular weight is 275 g/mol. The van der Waals surface area contributed by atoms with Gasteiger partial charge in [0.2, 0.25) is 0 Å². The fraction of sp³-hybridized carbons (Fsp3) is 0.556. The van der Waals surface area contributed by atoms with Gasteiger partial charge >= 0.3 is 13.3 Å². The summed E-state index contributed by atoms with van der Waals surface area (Å²) in [4.78, 5) is 32.8. The maximum absolute atomic E-state index is 11.6. The van der Waals surface area contributed by atoms with Crippen LogP contribution in [0.5, 0.6) is 0 Å². The highest BCUT2D eigenvalue weighted by atomic mass is 31.2. The second kappa shape index (κ2) is 4.81. The zero-order valence-corrected chi connectivity index (χ0v) is 10.4. The van der Waals surface area contributed by atoms with Gasteiger partial charge in [-0.25, -0.2) is 4.79 Å². The zero-order valence-electron chi connectivity index (χ0n) is 9.47. The Bertz CT molecular complexity index is 539. The van der Waals surface area contributed by atoms with Gasteiger partial charge in [0.25, 0.3) is 0 Å². The van der Waals surface area contributed by atoms with Gasteiger partial charge in [-0.3, -0.25) is 9.13 Å². The van der Waals surface area contributed by atoms with Crippen molar-refractivity contribution in [3.63, 3.8) is 0 Å². The molecule has 1 saturated heterocycles. The Balaban J connectivity index is 2.09. The monoisotopic (exact) mass is 275 g/mol. The van der Waals surface area contributed by atoms with Gasteiger partial charge in [0.1, 0.15) is 12.0 Å². The lowest BCUT2D eigenvalue weighted by atomic mass is 10.2. The summed E-state index contributed by atoms with van der Waals surface area (Å²) in [5.74, 6) is 0.126. The van der Waals surface area contributed by atoms with Crippen LogP contribution in [-0.4, -0.2) is 31.6 Å². The molecule has 0 spiro atoms. The van der Waals surface area contributed by atoms with E-state index in [1.165, 1.54) is 16.8 Å². The molecule has 100 valence electrons. The minimum absolute atomic E-state index is 0.126. The molecule has 0 aliphatic carbocycles. The van der Waals surface area contributed by atoms with Crippen molar-refractivity contribution in [1.82, 2.24) is 9.55 Å². The number of hydrogen-bond acceptors (Lipinski definition) is 5. The number of ether oxygens (including phenoxy) is 1. The minimum atomic E-state index is -4.10. The van der Waals surface area contributed by atoms with Crippen molar-refractivity contribution < 1.29 is 19.1 Å². The summed E-state index contributed by atoms with van der Waals surface area (Å²) in [6.45, 7) is 0. The van der Waals surface area contributed by atoms with Crippen molar-refractivity contribution in [2.45, 2.75) is 25.2 Å². The normalized spacial score (nSPS) is 24.3. The Morgan fingerprint density at radius 1 is 1.56 bits per heavy atom. The Morgan fingerprint density at radius 3 is 2.89 bits per heavy atom. The quantitative estimate of drug-likeness (QED) is 0.645. The van der Waals surface area contributed by atoms with Crippen LogP contribution in [0.15, 0.2) is 17.1 Å². The van der Waals surface area contributed by atoms with Gasteiger partial charge in [0, 0.05) is 6.20 Å². The molecule has 18 heavy (non-hydrogen) atoms. The number of nitrogens with zero attached hydrogens (tertiary/aromatic N) is 2. The predicted molar refractivity (Wildman–Crippen MR) is 63.0 cm³/mol. The molecule has 0 radical (unpaired) electrons. The van der Waals surface area contributed by atoms with Crippen LogP contribution < -0.4 is 11.4 Å². The van der Waals surface area contributed by atoms with Gasteiger partial charge in [0.05, 0.1) is 12.3 Å². The first-order valence-corrected chi connectivity index (χ1v) is 7.19. The van der Waals surface area contributed by atoms with E-state index >= 15 is 0 Å². The highest BCUT2D eigenvalue weighted by Gasteiger charge is 2.32. The van der Waals surface area contributed by atoms with Gasteiger partial charge in [-0.1, -0.05) is 0 Å². The Kier molecular flexibility index (Phi) is 3.54. The lowest BCUT2D eigenvalue weighted by Crippen LogP contribution is -2.27. The van der Waals surface area contributed by atoms with Crippen LogP contribution in [0, 0.1) is 0 Å². The first-order chi connectivity index (χ1) is 8.35. The molecule has 1 fully saturated rings. The third kappa shape index (κ3) is 3.17. The van der Waals surface area contributed by atoms with E-state index in [-0.39, 0.29) is 12.0 Å². The van der Waals surface area contributed by atoms with E-state index in [4.69, 9.17) is 20.3 Å². The third-order valence-corrected chi connectivity index (χ3v) is 3.57. The van der Waals surface area contributed by atoms with Crippen LogP contribution >= 0.6 is 7.60 Å². The van der Waals surface area contributed by atoms with Gasteiger partial charge in [-0.05, 0) is 18.9 Å². The molecule has 1 aliphatic rings. The Morgan fingerprint density at radius 2 is 2.28 bits per heavy atom. The molecule has 0 saturated carbocycles. The SMILES string of the molecule is Nc1ccn([C@H]2CC[C@@H](CP(=O)(O)O)O2)c(=O)n1. The second-order valence-corrected chi connectivity index (χ2v) is 5.87. The van der Waals surface area contributed by atoms with Crippen molar-refractivity contribution in [3.05, 3.63) is 22.7 Å². The van der Waals surface area contributed by atoms with E-state index in [0.29, 0.717) is 12.8 Å². The van der Waals surface area contributed by atoms with Crippen molar-refractivity contribution in [1.29, 1.82) is 0 Å². The Hall–Kier alpha value is -1.21. The van der Waals surface area contributed by atoms with Crippen LogP contribution in [0.4, 0.5) is 5.82 Å². The summed E-state index contributed by atoms with van der Waals surface area (Å²) in [6.07, 6.45) is 1.06. The fourth-order valence-electron chi connectivity index (χ4n) is 1.94. The molecule has 1 aliphatic heterocycles. The molecular weight excluding hydrogens is 261 g/mol. The fourth-order valence-corrected chi connectivity index (χ4v) is 2.74.